The minimum absolute atomic E-state index is 0.0412. The zero-order chi connectivity index (χ0) is 81.7. The number of carbonyl (C=O) groups is 14. The van der Waals surface area contributed by atoms with Crippen molar-refractivity contribution in [3.63, 3.8) is 0 Å². The maximum atomic E-state index is 15.2. The molecule has 9 atom stereocenters. The molecule has 4 heterocycles. The predicted molar refractivity (Wildman–Crippen MR) is 400 cm³/mol. The van der Waals surface area contributed by atoms with Crippen LogP contribution in [0.15, 0.2) is 91.5 Å². The number of hydroxylamine groups is 1. The van der Waals surface area contributed by atoms with Crippen LogP contribution in [0, 0.1) is 11.3 Å². The Morgan fingerprint density at radius 2 is 1.29 bits per heavy atom. The number of carboxylic acid groups (broad SMARTS) is 1. The molecular weight excluding hydrogens is 1470 g/mol. The molecular formula is C75H92N18O20. The van der Waals surface area contributed by atoms with Crippen molar-refractivity contribution < 1.29 is 97.5 Å². The number of aliphatic hydroxyl groups is 1. The number of aromatic carboxylic acids is 1. The molecule has 1 aliphatic carbocycles. The first-order chi connectivity index (χ1) is 54.0. The highest BCUT2D eigenvalue weighted by Gasteiger charge is 2.41. The Labute approximate surface area is 645 Å². The zero-order valence-corrected chi connectivity index (χ0v) is 61.8. The molecule has 6 aromatic rings. The van der Waals surface area contributed by atoms with Gasteiger partial charge in [-0.15, -0.1) is 5.48 Å². The third-order valence-corrected chi connectivity index (χ3v) is 19.2. The summed E-state index contributed by atoms with van der Waals surface area (Å²) in [4.78, 5) is 209. The van der Waals surface area contributed by atoms with E-state index in [9.17, 15) is 83.1 Å². The number of likely N-dealkylation sites (tertiary alicyclic amines) is 1. The van der Waals surface area contributed by atoms with Crippen molar-refractivity contribution in [2.45, 2.75) is 158 Å². The number of phenols is 3. The largest absolute Gasteiger partial charge is 0.508 e. The van der Waals surface area contributed by atoms with Gasteiger partial charge < -0.3 is 110 Å². The molecule has 0 radical (unpaired) electrons. The van der Waals surface area contributed by atoms with Crippen LogP contribution in [0.1, 0.15) is 143 Å². The lowest BCUT2D eigenvalue weighted by atomic mass is 9.81. The molecule has 38 heteroatoms. The summed E-state index contributed by atoms with van der Waals surface area (Å²) in [6.45, 7) is 2.16. The number of aromatic hydroxyl groups is 3. The maximum Gasteiger partial charge on any atom is 0.347 e. The summed E-state index contributed by atoms with van der Waals surface area (Å²) in [5.41, 5.74) is 13.5. The molecule has 0 bridgehead atoms. The zero-order valence-electron chi connectivity index (χ0n) is 61.8. The van der Waals surface area contributed by atoms with Crippen molar-refractivity contribution in [2.75, 3.05) is 32.8 Å². The number of imidazole rings is 1. The average molecular weight is 1570 g/mol. The van der Waals surface area contributed by atoms with E-state index in [0.29, 0.717) is 39.7 Å². The Morgan fingerprint density at radius 1 is 0.664 bits per heavy atom. The predicted octanol–water partition coefficient (Wildman–Crippen LogP) is -2.03. The SMILES string of the molecule is CC(C)C[C@H](NC(=O)[C@H](CCCCNCc1cc(O)c2c(c1)C(=O)c1cc(C(=O)O)cc(O)c1C2=O)NC(=O)[C@H](Cc1ccc(O)cc1)NC(=O)[C@H](CO)NC(=O)[C@H](Cc1c[nH]c2ccccc12)NC(=O)[C@H](Cc1cnc[nH]1)NOC(=O)C1CCC(=O)N1)C(=O)N[C@@H](CCCNC(=N)N)C(=O)N1CCC[C@H]1C(=O)NCC(N)=O. The van der Waals surface area contributed by atoms with Crippen LogP contribution in [0.3, 0.4) is 0 Å². The molecule has 602 valence electrons. The molecule has 2 saturated heterocycles. The number of guanidine groups is 1. The van der Waals surface area contributed by atoms with Crippen LogP contribution in [-0.4, -0.2) is 221 Å². The standard InChI is InChI=1S/C75H92N18O20/c1-37(2)23-51(66(103)87-49(12-7-21-81-75(77)78)72(109)93-22-8-13-56(93)71(108)83-34-59(76)98)88-65(102)48(11-5-6-20-79-31-39-24-45-61(57(96)26-39)64(101)62-46(63(45)100)27-40(73(110)111)29-58(62)97)86-67(104)52(25-38-14-16-43(95)17-15-38)89-70(107)55(35-94)91-68(105)53(28-41-32-82-47-10-4-3-9-44(41)47)90-69(106)54(30-42-33-80-36-84-42)92-113-74(112)50-18-19-60(99)85-50/h3-4,9-10,14-17,24,26-27,29,32-33,36-37,48-56,79,82,92,94-97H,5-8,11-13,18-23,25,28,30-31,34-35H2,1-2H3,(H2,76,98)(H,80,84)(H,83,108)(H,85,99)(H,86,104)(H,87,103)(H,88,102)(H,89,107)(H,90,106)(H,91,105)(H,110,111)(H4,77,78,81)/t48-,49-,50?,51-,52-,53-,54-,55-,56-/m0/s1. The lowest BCUT2D eigenvalue weighted by Crippen LogP contribution is -2.61. The highest BCUT2D eigenvalue weighted by molar-refractivity contribution is 6.30. The number of para-hydroxylation sites is 1. The number of hydrogen-bond donors (Lipinski definition) is 21. The first kappa shape index (κ1) is 84.2. The average Bonchev–Trinajstić information content (AvgIpc) is 1.15. The second kappa shape index (κ2) is 39.2. The smallest absolute Gasteiger partial charge is 0.347 e. The van der Waals surface area contributed by atoms with Gasteiger partial charge >= 0.3 is 11.9 Å². The molecule has 0 saturated carbocycles. The second-order valence-electron chi connectivity index (χ2n) is 28.1. The van der Waals surface area contributed by atoms with Crippen LogP contribution in [0.5, 0.6) is 17.2 Å². The Kier molecular flexibility index (Phi) is 29.2. The minimum Gasteiger partial charge on any atom is -0.508 e. The first-order valence-electron chi connectivity index (χ1n) is 36.7. The van der Waals surface area contributed by atoms with Crippen molar-refractivity contribution in [3.05, 3.63) is 142 Å². The van der Waals surface area contributed by atoms with Crippen molar-refractivity contribution in [1.29, 1.82) is 5.41 Å². The summed E-state index contributed by atoms with van der Waals surface area (Å²) >= 11 is 0. The molecule has 2 aliphatic heterocycles. The van der Waals surface area contributed by atoms with Crippen LogP contribution in [-0.2, 0) is 83.4 Å². The number of hydrogen-bond acceptors (Lipinski definition) is 23. The number of carbonyl (C=O) groups excluding carboxylic acids is 13. The van der Waals surface area contributed by atoms with Gasteiger partial charge in [0.05, 0.1) is 36.2 Å². The lowest BCUT2D eigenvalue weighted by molar-refractivity contribution is -0.157. The van der Waals surface area contributed by atoms with Gasteiger partial charge in [-0.05, 0) is 129 Å². The van der Waals surface area contributed by atoms with Gasteiger partial charge in [0, 0.05) is 85.4 Å². The fourth-order valence-corrected chi connectivity index (χ4v) is 13.5. The van der Waals surface area contributed by atoms with Crippen molar-refractivity contribution >= 4 is 99.4 Å². The number of nitrogens with two attached hydrogens (primary N) is 2. The number of aromatic amines is 2. The topological polar surface area (TPSA) is 605 Å². The van der Waals surface area contributed by atoms with Gasteiger partial charge in [0.15, 0.2) is 11.7 Å². The van der Waals surface area contributed by atoms with Gasteiger partial charge in [-0.3, -0.25) is 62.9 Å². The fraction of sp³-hybridized carbons (Fsp3) is 0.413. The molecule has 23 N–H and O–H groups in total. The number of fused-ring (bicyclic) bond motifs is 3. The number of phenolic OH excluding ortho intramolecular Hbond substituents is 3. The van der Waals surface area contributed by atoms with E-state index in [2.05, 4.69) is 73.6 Å². The first-order valence-corrected chi connectivity index (χ1v) is 36.7. The number of primary amides is 1. The van der Waals surface area contributed by atoms with E-state index < -0.39 is 172 Å². The Bertz CT molecular complexity index is 4570. The van der Waals surface area contributed by atoms with Crippen molar-refractivity contribution in [2.24, 2.45) is 17.4 Å². The van der Waals surface area contributed by atoms with Crippen LogP contribution in [0.2, 0.25) is 0 Å². The molecule has 0 spiro atoms. The highest BCUT2D eigenvalue weighted by Crippen LogP contribution is 2.38. The second-order valence-corrected chi connectivity index (χ2v) is 28.1. The fourth-order valence-electron chi connectivity index (χ4n) is 13.5. The number of aliphatic hydroxyl groups excluding tert-OH is 1. The number of rotatable bonds is 40. The molecule has 113 heavy (non-hydrogen) atoms. The van der Waals surface area contributed by atoms with Gasteiger partial charge in [0.2, 0.25) is 64.9 Å². The number of nitrogens with one attached hydrogen (secondary N) is 14. The van der Waals surface area contributed by atoms with E-state index >= 15 is 9.59 Å². The van der Waals surface area contributed by atoms with E-state index in [-0.39, 0.29) is 138 Å². The molecule has 2 aromatic heterocycles. The van der Waals surface area contributed by atoms with Gasteiger partial charge in [0.1, 0.15) is 71.6 Å². The van der Waals surface area contributed by atoms with Gasteiger partial charge in [-0.1, -0.05) is 44.2 Å². The number of nitrogens with zero attached hydrogens (tertiary/aromatic N) is 2. The number of unbranched alkanes of at least 4 members (excludes halogenated alkanes) is 1. The molecule has 9 rings (SSSR count). The van der Waals surface area contributed by atoms with Gasteiger partial charge in [0.25, 0.3) is 0 Å². The van der Waals surface area contributed by atoms with Gasteiger partial charge in [-0.2, -0.15) is 0 Å². The lowest BCUT2D eigenvalue weighted by Gasteiger charge is -2.30. The summed E-state index contributed by atoms with van der Waals surface area (Å²) in [5, 5.41) is 87.6. The number of amides is 10. The number of H-pyrrole nitrogens is 2. The molecule has 4 aromatic carbocycles. The van der Waals surface area contributed by atoms with Crippen LogP contribution >= 0.6 is 0 Å². The normalized spacial score (nSPS) is 16.2. The van der Waals surface area contributed by atoms with Crippen molar-refractivity contribution in [1.82, 2.24) is 78.5 Å². The summed E-state index contributed by atoms with van der Waals surface area (Å²) in [6.07, 6.45) is 4.45. The number of carboxylic acids is 1. The third kappa shape index (κ3) is 22.7. The number of benzene rings is 4. The van der Waals surface area contributed by atoms with Crippen LogP contribution in [0.25, 0.3) is 10.9 Å². The summed E-state index contributed by atoms with van der Waals surface area (Å²) in [5.74, 6) is -14.9. The number of ketones is 2. The van der Waals surface area contributed by atoms with E-state index in [0.717, 1.165) is 12.1 Å². The Balaban J connectivity index is 0.966. The number of aromatic nitrogens is 3. The van der Waals surface area contributed by atoms with E-state index in [1.54, 1.807) is 44.3 Å². The summed E-state index contributed by atoms with van der Waals surface area (Å²) in [6, 6.07) is 3.84. The maximum absolute atomic E-state index is 15.2. The molecule has 2 fully saturated rings. The minimum atomic E-state index is -1.88. The van der Waals surface area contributed by atoms with Crippen LogP contribution < -0.4 is 70.1 Å². The Morgan fingerprint density at radius 3 is 1.96 bits per heavy atom. The Hall–Kier alpha value is -12.8. The quantitative estimate of drug-likeness (QED) is 0.00852. The van der Waals surface area contributed by atoms with Crippen LogP contribution in [0.4, 0.5) is 0 Å². The van der Waals surface area contributed by atoms with Gasteiger partial charge in [-0.25, -0.2) is 14.6 Å². The van der Waals surface area contributed by atoms with E-state index in [1.807, 2.05) is 0 Å². The van der Waals surface area contributed by atoms with E-state index in [1.165, 1.54) is 53.8 Å². The molecule has 1 unspecified atom stereocenters. The summed E-state index contributed by atoms with van der Waals surface area (Å²) in [7, 11) is 0. The van der Waals surface area contributed by atoms with E-state index in [4.69, 9.17) is 21.7 Å². The third-order valence-electron chi connectivity index (χ3n) is 19.2. The molecule has 38 nitrogen and oxygen atoms in total. The van der Waals surface area contributed by atoms with Crippen molar-refractivity contribution in [3.8, 4) is 17.2 Å². The molecule has 10 amide bonds. The summed E-state index contributed by atoms with van der Waals surface area (Å²) < 4.78 is 0. The molecule has 3 aliphatic rings. The highest BCUT2D eigenvalue weighted by atomic mass is 16.7. The monoisotopic (exact) mass is 1560 g/mol.